The van der Waals surface area contributed by atoms with E-state index in [0.29, 0.717) is 11.3 Å². The molecule has 1 aromatic heterocycles. The van der Waals surface area contributed by atoms with Gasteiger partial charge in [0.1, 0.15) is 23.0 Å². The molecular weight excluding hydrogens is 266 g/mol. The number of hydrogen-bond donors (Lipinski definition) is 0. The number of hydrogen-bond acceptors (Lipinski definition) is 4. The fourth-order valence-electron chi connectivity index (χ4n) is 2.12. The Morgan fingerprint density at radius 3 is 2.48 bits per heavy atom. The van der Waals surface area contributed by atoms with E-state index < -0.39 is 0 Å². The second-order valence-corrected chi connectivity index (χ2v) is 4.46. The van der Waals surface area contributed by atoms with Gasteiger partial charge in [-0.2, -0.15) is 0 Å². The van der Waals surface area contributed by atoms with Gasteiger partial charge in [-0.15, -0.1) is 0 Å². The molecule has 0 unspecified atom stereocenters. The molecule has 0 amide bonds. The van der Waals surface area contributed by atoms with Gasteiger partial charge in [0.05, 0.1) is 19.9 Å². The van der Waals surface area contributed by atoms with Crippen molar-refractivity contribution in [3.8, 4) is 11.5 Å². The SMILES string of the molecule is COc1ccc2c(=Nc3ccccc3)c(OC)coc2c1. The average molecular weight is 281 g/mol. The third kappa shape index (κ3) is 2.60. The summed E-state index contributed by atoms with van der Waals surface area (Å²) in [6, 6.07) is 15.4. The lowest BCUT2D eigenvalue weighted by Gasteiger charge is -2.06. The Bertz CT molecular complexity index is 822. The van der Waals surface area contributed by atoms with Gasteiger partial charge in [-0.3, -0.25) is 0 Å². The van der Waals surface area contributed by atoms with Crippen molar-refractivity contribution in [2.24, 2.45) is 4.99 Å². The normalized spacial score (nSPS) is 11.6. The lowest BCUT2D eigenvalue weighted by atomic mass is 10.2. The average Bonchev–Trinajstić information content (AvgIpc) is 2.55. The van der Waals surface area contributed by atoms with E-state index in [1.54, 1.807) is 20.5 Å². The molecule has 0 spiro atoms. The van der Waals surface area contributed by atoms with Crippen molar-refractivity contribution in [3.05, 3.63) is 60.2 Å². The summed E-state index contributed by atoms with van der Waals surface area (Å²) in [5.41, 5.74) is 1.56. The molecule has 0 atom stereocenters. The third-order valence-electron chi connectivity index (χ3n) is 3.19. The van der Waals surface area contributed by atoms with Gasteiger partial charge in [-0.25, -0.2) is 4.99 Å². The van der Waals surface area contributed by atoms with Gasteiger partial charge >= 0.3 is 0 Å². The Kier molecular flexibility index (Phi) is 3.60. The number of rotatable bonds is 3. The second kappa shape index (κ2) is 5.71. The molecule has 1 heterocycles. The van der Waals surface area contributed by atoms with Gasteiger partial charge in [0.15, 0.2) is 5.75 Å². The van der Waals surface area contributed by atoms with E-state index in [1.165, 1.54) is 0 Å². The molecule has 4 heteroatoms. The minimum absolute atomic E-state index is 0.594. The first-order valence-electron chi connectivity index (χ1n) is 6.55. The quantitative estimate of drug-likeness (QED) is 0.735. The zero-order chi connectivity index (χ0) is 14.7. The first kappa shape index (κ1) is 13.2. The molecule has 0 saturated heterocycles. The third-order valence-corrected chi connectivity index (χ3v) is 3.19. The largest absolute Gasteiger partial charge is 0.497 e. The number of ether oxygens (including phenoxy) is 2. The standard InChI is InChI=1S/C17H15NO3/c1-19-13-8-9-14-15(10-13)21-11-16(20-2)17(14)18-12-6-4-3-5-7-12/h3-11H,1-2H3. The van der Waals surface area contributed by atoms with Crippen LogP contribution in [0, 0.1) is 0 Å². The van der Waals surface area contributed by atoms with Crippen molar-refractivity contribution in [2.45, 2.75) is 0 Å². The van der Waals surface area contributed by atoms with Gasteiger partial charge in [0.25, 0.3) is 0 Å². The predicted octanol–water partition coefficient (Wildman–Crippen LogP) is 3.68. The highest BCUT2D eigenvalue weighted by atomic mass is 16.5. The van der Waals surface area contributed by atoms with Crippen LogP contribution in [0.4, 0.5) is 5.69 Å². The Hall–Kier alpha value is -2.75. The topological polar surface area (TPSA) is 44.0 Å². The highest BCUT2D eigenvalue weighted by Crippen LogP contribution is 2.21. The molecule has 2 aromatic carbocycles. The molecule has 0 bridgehead atoms. The summed E-state index contributed by atoms with van der Waals surface area (Å²) in [5.74, 6) is 1.33. The van der Waals surface area contributed by atoms with Crippen LogP contribution in [-0.4, -0.2) is 14.2 Å². The lowest BCUT2D eigenvalue weighted by Crippen LogP contribution is -2.07. The molecule has 21 heavy (non-hydrogen) atoms. The Balaban J connectivity index is 2.30. The van der Waals surface area contributed by atoms with Crippen LogP contribution in [-0.2, 0) is 0 Å². The smallest absolute Gasteiger partial charge is 0.180 e. The highest BCUT2D eigenvalue weighted by molar-refractivity contribution is 5.79. The van der Waals surface area contributed by atoms with Crippen molar-refractivity contribution in [1.29, 1.82) is 0 Å². The van der Waals surface area contributed by atoms with E-state index in [-0.39, 0.29) is 0 Å². The van der Waals surface area contributed by atoms with Crippen molar-refractivity contribution >= 4 is 16.7 Å². The monoisotopic (exact) mass is 281 g/mol. The first-order chi connectivity index (χ1) is 10.3. The molecule has 0 radical (unpaired) electrons. The van der Waals surface area contributed by atoms with E-state index in [9.17, 15) is 0 Å². The van der Waals surface area contributed by atoms with Gasteiger partial charge < -0.3 is 13.9 Å². The summed E-state index contributed by atoms with van der Waals surface area (Å²) in [7, 11) is 3.23. The van der Waals surface area contributed by atoms with Crippen molar-refractivity contribution in [1.82, 2.24) is 0 Å². The molecular formula is C17H15NO3. The summed E-state index contributed by atoms with van der Waals surface area (Å²) >= 11 is 0. The molecule has 0 fully saturated rings. The maximum Gasteiger partial charge on any atom is 0.180 e. The van der Waals surface area contributed by atoms with Crippen LogP contribution in [0.3, 0.4) is 0 Å². The summed E-state index contributed by atoms with van der Waals surface area (Å²) < 4.78 is 16.2. The molecule has 0 aliphatic heterocycles. The maximum absolute atomic E-state index is 5.59. The van der Waals surface area contributed by atoms with Crippen LogP contribution in [0.1, 0.15) is 0 Å². The van der Waals surface area contributed by atoms with Crippen LogP contribution in [0.15, 0.2) is 64.2 Å². The Labute approximate surface area is 122 Å². The number of methoxy groups -OCH3 is 2. The van der Waals surface area contributed by atoms with Crippen LogP contribution >= 0.6 is 0 Å². The molecule has 0 aliphatic carbocycles. The van der Waals surface area contributed by atoms with Gasteiger partial charge in [-0.1, -0.05) is 18.2 Å². The number of nitrogens with zero attached hydrogens (tertiary/aromatic N) is 1. The fourth-order valence-corrected chi connectivity index (χ4v) is 2.12. The molecule has 3 aromatic rings. The summed E-state index contributed by atoms with van der Waals surface area (Å²) in [6.45, 7) is 0. The summed E-state index contributed by atoms with van der Waals surface area (Å²) in [5, 5.41) is 1.62. The molecule has 0 aliphatic rings. The van der Waals surface area contributed by atoms with E-state index in [4.69, 9.17) is 13.9 Å². The van der Waals surface area contributed by atoms with Gasteiger partial charge in [-0.05, 0) is 24.3 Å². The molecule has 106 valence electrons. The molecule has 0 saturated carbocycles. The van der Waals surface area contributed by atoms with Crippen LogP contribution in [0.25, 0.3) is 11.0 Å². The highest BCUT2D eigenvalue weighted by Gasteiger charge is 2.07. The lowest BCUT2D eigenvalue weighted by molar-refractivity contribution is 0.391. The molecule has 4 nitrogen and oxygen atoms in total. The number of fused-ring (bicyclic) bond motifs is 1. The van der Waals surface area contributed by atoms with Crippen LogP contribution < -0.4 is 14.8 Å². The minimum Gasteiger partial charge on any atom is -0.497 e. The zero-order valence-electron chi connectivity index (χ0n) is 11.9. The van der Waals surface area contributed by atoms with Gasteiger partial charge in [0.2, 0.25) is 0 Å². The second-order valence-electron chi connectivity index (χ2n) is 4.46. The van der Waals surface area contributed by atoms with Crippen molar-refractivity contribution in [2.75, 3.05) is 14.2 Å². The van der Waals surface area contributed by atoms with E-state index >= 15 is 0 Å². The molecule has 3 rings (SSSR count). The Morgan fingerprint density at radius 2 is 1.76 bits per heavy atom. The fraction of sp³-hybridized carbons (Fsp3) is 0.118. The predicted molar refractivity (Wildman–Crippen MR) is 81.0 cm³/mol. The Morgan fingerprint density at radius 1 is 0.952 bits per heavy atom. The molecule has 0 N–H and O–H groups in total. The van der Waals surface area contributed by atoms with Crippen molar-refractivity contribution in [3.63, 3.8) is 0 Å². The number of para-hydroxylation sites is 1. The number of benzene rings is 2. The zero-order valence-corrected chi connectivity index (χ0v) is 11.9. The van der Waals surface area contributed by atoms with E-state index in [0.717, 1.165) is 22.2 Å². The minimum atomic E-state index is 0.594. The van der Waals surface area contributed by atoms with Crippen LogP contribution in [0.5, 0.6) is 11.5 Å². The maximum atomic E-state index is 5.59. The summed E-state index contributed by atoms with van der Waals surface area (Å²) in [4.78, 5) is 4.67. The van der Waals surface area contributed by atoms with Gasteiger partial charge in [0, 0.05) is 11.5 Å². The van der Waals surface area contributed by atoms with Crippen molar-refractivity contribution < 1.29 is 13.9 Å². The van der Waals surface area contributed by atoms with E-state index in [1.807, 2.05) is 48.5 Å². The first-order valence-corrected chi connectivity index (χ1v) is 6.55. The van der Waals surface area contributed by atoms with Crippen LogP contribution in [0.2, 0.25) is 0 Å². The van der Waals surface area contributed by atoms with E-state index in [2.05, 4.69) is 4.99 Å². The summed E-state index contributed by atoms with van der Waals surface area (Å²) in [6.07, 6.45) is 1.56.